The van der Waals surface area contributed by atoms with E-state index in [0.29, 0.717) is 26.8 Å². The van der Waals surface area contributed by atoms with Crippen molar-refractivity contribution in [2.24, 2.45) is 4.99 Å². The van der Waals surface area contributed by atoms with Gasteiger partial charge in [0.2, 0.25) is 0 Å². The van der Waals surface area contributed by atoms with Crippen molar-refractivity contribution >= 4 is 50.7 Å². The predicted molar refractivity (Wildman–Crippen MR) is 96.3 cm³/mol. The molecule has 0 radical (unpaired) electrons. The minimum atomic E-state index is -1.01. The molecule has 0 unspecified atom stereocenters. The standard InChI is InChI=1S/C17H10Cl2F2N2OS/c1-2-6-23-15-10(19)7-9(18)8-13(15)25-17(23)22-16(24)14-11(20)4-3-5-12(14)21/h2-5,7-8H,1,6H2. The van der Waals surface area contributed by atoms with Crippen LogP contribution in [0.2, 0.25) is 10.0 Å². The van der Waals surface area contributed by atoms with E-state index in [9.17, 15) is 13.6 Å². The van der Waals surface area contributed by atoms with Gasteiger partial charge in [0.1, 0.15) is 17.2 Å². The van der Waals surface area contributed by atoms with Gasteiger partial charge in [-0.3, -0.25) is 4.79 Å². The molecule has 0 fully saturated rings. The Morgan fingerprint density at radius 1 is 1.28 bits per heavy atom. The van der Waals surface area contributed by atoms with Crippen molar-refractivity contribution in [2.75, 3.05) is 0 Å². The minimum absolute atomic E-state index is 0.242. The molecule has 3 rings (SSSR count). The zero-order chi connectivity index (χ0) is 18.1. The molecule has 0 N–H and O–H groups in total. The number of halogens is 4. The third kappa shape index (κ3) is 3.38. The highest BCUT2D eigenvalue weighted by Crippen LogP contribution is 2.29. The first-order valence-corrected chi connectivity index (χ1v) is 8.62. The number of amides is 1. The van der Waals surface area contributed by atoms with Gasteiger partial charge < -0.3 is 4.57 Å². The molecule has 0 saturated heterocycles. The Kier molecular flexibility index (Phi) is 5.03. The number of carbonyl (C=O) groups excluding carboxylic acids is 1. The van der Waals surface area contributed by atoms with Gasteiger partial charge in [-0.2, -0.15) is 4.99 Å². The lowest BCUT2D eigenvalue weighted by atomic mass is 10.2. The van der Waals surface area contributed by atoms with Crippen LogP contribution in [0.1, 0.15) is 10.4 Å². The molecular weight excluding hydrogens is 389 g/mol. The van der Waals surface area contributed by atoms with Gasteiger partial charge in [-0.15, -0.1) is 6.58 Å². The first-order chi connectivity index (χ1) is 11.9. The molecule has 0 atom stereocenters. The van der Waals surface area contributed by atoms with Gasteiger partial charge in [-0.05, 0) is 24.3 Å². The van der Waals surface area contributed by atoms with Crippen LogP contribution in [-0.4, -0.2) is 10.5 Å². The van der Waals surface area contributed by atoms with Gasteiger partial charge in [0.15, 0.2) is 4.80 Å². The van der Waals surface area contributed by atoms with Gasteiger partial charge in [0, 0.05) is 11.6 Å². The second-order valence-corrected chi connectivity index (χ2v) is 6.88. The Morgan fingerprint density at radius 2 is 1.96 bits per heavy atom. The third-order valence-electron chi connectivity index (χ3n) is 3.38. The van der Waals surface area contributed by atoms with Crippen LogP contribution in [0.5, 0.6) is 0 Å². The van der Waals surface area contributed by atoms with E-state index in [1.807, 2.05) is 0 Å². The zero-order valence-corrected chi connectivity index (χ0v) is 14.9. The summed E-state index contributed by atoms with van der Waals surface area (Å²) in [5.74, 6) is -2.94. The fourth-order valence-corrected chi connectivity index (χ4v) is 4.18. The lowest BCUT2D eigenvalue weighted by Gasteiger charge is -2.03. The largest absolute Gasteiger partial charge is 0.311 e. The SMILES string of the molecule is C=CCn1c(=NC(=O)c2c(F)cccc2F)sc2cc(Cl)cc(Cl)c21. The summed E-state index contributed by atoms with van der Waals surface area (Å²) in [6.45, 7) is 3.98. The number of carbonyl (C=O) groups is 1. The molecule has 3 nitrogen and oxygen atoms in total. The first-order valence-electron chi connectivity index (χ1n) is 7.04. The van der Waals surface area contributed by atoms with Crippen LogP contribution in [0.4, 0.5) is 8.78 Å². The van der Waals surface area contributed by atoms with Crippen molar-refractivity contribution in [3.05, 3.63) is 75.0 Å². The van der Waals surface area contributed by atoms with Gasteiger partial charge in [0.25, 0.3) is 5.91 Å². The Labute approximate surface area is 155 Å². The average molecular weight is 399 g/mol. The van der Waals surface area contributed by atoms with E-state index in [1.54, 1.807) is 22.8 Å². The van der Waals surface area contributed by atoms with E-state index in [1.165, 1.54) is 6.07 Å². The fraction of sp³-hybridized carbons (Fsp3) is 0.0588. The number of hydrogen-bond donors (Lipinski definition) is 0. The van der Waals surface area contributed by atoms with Crippen molar-refractivity contribution in [2.45, 2.75) is 6.54 Å². The Hall–Kier alpha value is -2.02. The molecule has 0 aliphatic rings. The summed E-state index contributed by atoms with van der Waals surface area (Å²) in [6.07, 6.45) is 1.60. The summed E-state index contributed by atoms with van der Waals surface area (Å²) in [5.41, 5.74) is -0.0780. The molecule has 1 aromatic heterocycles. The fourth-order valence-electron chi connectivity index (χ4n) is 2.36. The molecule has 25 heavy (non-hydrogen) atoms. The summed E-state index contributed by atoms with van der Waals surface area (Å²) < 4.78 is 29.9. The van der Waals surface area contributed by atoms with Crippen LogP contribution in [0, 0.1) is 11.6 Å². The maximum absolute atomic E-state index is 13.8. The number of benzene rings is 2. The Bertz CT molecular complexity index is 1050. The molecule has 2 aromatic carbocycles. The van der Waals surface area contributed by atoms with Gasteiger partial charge >= 0.3 is 0 Å². The summed E-state index contributed by atoms with van der Waals surface area (Å²) in [5, 5.41) is 0.814. The van der Waals surface area contributed by atoms with E-state index in [2.05, 4.69) is 11.6 Å². The van der Waals surface area contributed by atoms with Crippen LogP contribution >= 0.6 is 34.5 Å². The normalized spacial score (nSPS) is 11.9. The molecule has 3 aromatic rings. The number of aromatic nitrogens is 1. The summed E-state index contributed by atoms with van der Waals surface area (Å²) in [6, 6.07) is 6.44. The maximum atomic E-state index is 13.8. The molecule has 1 heterocycles. The lowest BCUT2D eigenvalue weighted by molar-refractivity contribution is 0.0990. The van der Waals surface area contributed by atoms with E-state index in [-0.39, 0.29) is 4.80 Å². The minimum Gasteiger partial charge on any atom is -0.311 e. The predicted octanol–water partition coefficient (Wildman–Crippen LogP) is 5.21. The molecule has 0 spiro atoms. The number of hydrogen-bond acceptors (Lipinski definition) is 2. The Balaban J connectivity index is 2.26. The monoisotopic (exact) mass is 398 g/mol. The number of allylic oxidation sites excluding steroid dienone is 1. The molecule has 0 saturated carbocycles. The van der Waals surface area contributed by atoms with Gasteiger partial charge in [0.05, 0.1) is 15.2 Å². The van der Waals surface area contributed by atoms with E-state index >= 15 is 0 Å². The summed E-state index contributed by atoms with van der Waals surface area (Å²) in [7, 11) is 0. The maximum Gasteiger partial charge on any atom is 0.285 e. The highest BCUT2D eigenvalue weighted by Gasteiger charge is 2.18. The van der Waals surface area contributed by atoms with E-state index < -0.39 is 23.1 Å². The van der Waals surface area contributed by atoms with Crippen molar-refractivity contribution in [1.82, 2.24) is 4.57 Å². The van der Waals surface area contributed by atoms with Crippen molar-refractivity contribution < 1.29 is 13.6 Å². The number of fused-ring (bicyclic) bond motifs is 1. The number of nitrogens with zero attached hydrogens (tertiary/aromatic N) is 2. The summed E-state index contributed by atoms with van der Waals surface area (Å²) in [4.78, 5) is 16.4. The third-order valence-corrected chi connectivity index (χ3v) is 4.91. The quantitative estimate of drug-likeness (QED) is 0.557. The highest BCUT2D eigenvalue weighted by molar-refractivity contribution is 7.16. The van der Waals surface area contributed by atoms with Crippen LogP contribution in [0.25, 0.3) is 10.2 Å². The molecule has 0 bridgehead atoms. The second kappa shape index (κ2) is 7.07. The van der Waals surface area contributed by atoms with Crippen molar-refractivity contribution in [3.8, 4) is 0 Å². The van der Waals surface area contributed by atoms with Crippen molar-refractivity contribution in [3.63, 3.8) is 0 Å². The van der Waals surface area contributed by atoms with Crippen molar-refractivity contribution in [1.29, 1.82) is 0 Å². The smallest absolute Gasteiger partial charge is 0.285 e. The molecule has 0 aliphatic heterocycles. The van der Waals surface area contributed by atoms with Gasteiger partial charge in [-0.25, -0.2) is 8.78 Å². The zero-order valence-electron chi connectivity index (χ0n) is 12.6. The van der Waals surface area contributed by atoms with Crippen LogP contribution in [-0.2, 0) is 6.54 Å². The van der Waals surface area contributed by atoms with Gasteiger partial charge in [-0.1, -0.05) is 46.7 Å². The van der Waals surface area contributed by atoms with Crippen LogP contribution < -0.4 is 4.80 Å². The highest BCUT2D eigenvalue weighted by atomic mass is 35.5. The topological polar surface area (TPSA) is 34.4 Å². The average Bonchev–Trinajstić information content (AvgIpc) is 2.85. The molecule has 8 heteroatoms. The number of thiazole rings is 1. The second-order valence-electron chi connectivity index (χ2n) is 5.03. The Morgan fingerprint density at radius 3 is 2.60 bits per heavy atom. The molecular formula is C17H10Cl2F2N2OS. The molecule has 0 aliphatic carbocycles. The molecule has 128 valence electrons. The first kappa shape index (κ1) is 17.8. The van der Waals surface area contributed by atoms with Crippen LogP contribution in [0.15, 0.2) is 48.0 Å². The lowest BCUT2D eigenvalue weighted by Crippen LogP contribution is -2.17. The summed E-state index contributed by atoms with van der Waals surface area (Å²) >= 11 is 13.4. The van der Waals surface area contributed by atoms with Crippen LogP contribution in [0.3, 0.4) is 0 Å². The van der Waals surface area contributed by atoms with E-state index in [0.717, 1.165) is 23.5 Å². The number of rotatable bonds is 3. The molecule has 1 amide bonds. The van der Waals surface area contributed by atoms with E-state index in [4.69, 9.17) is 23.2 Å².